The molecular formula is C26H28N2O5. The SMILES string of the molecule is CC(C)(C)OC(=O)C(Cc1ccccc1)n1cccc(NC(=O)OCc2ccccc2)c1=O. The molecule has 1 unspecified atom stereocenters. The first kappa shape index (κ1) is 23.8. The minimum absolute atomic E-state index is 0.0113. The normalized spacial score (nSPS) is 12.0. The van der Waals surface area contributed by atoms with Crippen molar-refractivity contribution in [1.29, 1.82) is 0 Å². The Hall–Kier alpha value is -3.87. The van der Waals surface area contributed by atoms with Gasteiger partial charge in [-0.2, -0.15) is 0 Å². The molecule has 2 aromatic carbocycles. The summed E-state index contributed by atoms with van der Waals surface area (Å²) in [6, 6.07) is 20.7. The summed E-state index contributed by atoms with van der Waals surface area (Å²) in [5.41, 5.74) is 0.470. The molecule has 3 aromatic rings. The minimum Gasteiger partial charge on any atom is -0.458 e. The molecule has 172 valence electrons. The number of rotatable bonds is 7. The lowest BCUT2D eigenvalue weighted by atomic mass is 10.0. The lowest BCUT2D eigenvalue weighted by molar-refractivity contribution is -0.159. The van der Waals surface area contributed by atoms with Gasteiger partial charge in [0.25, 0.3) is 5.56 Å². The van der Waals surface area contributed by atoms with Crippen LogP contribution in [0.1, 0.15) is 37.9 Å². The van der Waals surface area contributed by atoms with Gasteiger partial charge in [0.1, 0.15) is 23.9 Å². The molecule has 0 aliphatic heterocycles. The van der Waals surface area contributed by atoms with Gasteiger partial charge in [0, 0.05) is 12.6 Å². The highest BCUT2D eigenvalue weighted by molar-refractivity contribution is 5.84. The van der Waals surface area contributed by atoms with E-state index in [1.807, 2.05) is 60.7 Å². The first-order chi connectivity index (χ1) is 15.7. The Morgan fingerprint density at radius 2 is 1.52 bits per heavy atom. The van der Waals surface area contributed by atoms with Crippen molar-refractivity contribution in [3.05, 3.63) is 100 Å². The second-order valence-corrected chi connectivity index (χ2v) is 8.56. The van der Waals surface area contributed by atoms with E-state index < -0.39 is 29.3 Å². The number of nitrogens with zero attached hydrogens (tertiary/aromatic N) is 1. The Balaban J connectivity index is 1.82. The molecule has 1 heterocycles. The average Bonchev–Trinajstić information content (AvgIpc) is 2.78. The Bertz CT molecular complexity index is 1130. The van der Waals surface area contributed by atoms with E-state index in [2.05, 4.69) is 5.32 Å². The summed E-state index contributed by atoms with van der Waals surface area (Å²) < 4.78 is 12.1. The number of nitrogens with one attached hydrogen (secondary N) is 1. The Labute approximate surface area is 193 Å². The number of hydrogen-bond acceptors (Lipinski definition) is 5. The number of pyridine rings is 1. The fourth-order valence-corrected chi connectivity index (χ4v) is 3.22. The standard InChI is InChI=1S/C26H28N2O5/c1-26(2,3)33-24(30)22(17-19-11-6-4-7-12-19)28-16-10-15-21(23(28)29)27-25(31)32-18-20-13-8-5-9-14-20/h4-16,22H,17-18H2,1-3H3,(H,27,31). The van der Waals surface area contributed by atoms with Crippen LogP contribution in [0.5, 0.6) is 0 Å². The summed E-state index contributed by atoms with van der Waals surface area (Å²) in [6.45, 7) is 5.39. The van der Waals surface area contributed by atoms with Gasteiger partial charge in [-0.1, -0.05) is 60.7 Å². The molecule has 7 nitrogen and oxygen atoms in total. The van der Waals surface area contributed by atoms with Crippen LogP contribution in [0.15, 0.2) is 83.8 Å². The van der Waals surface area contributed by atoms with Gasteiger partial charge in [-0.3, -0.25) is 14.7 Å². The molecule has 0 spiro atoms. The highest BCUT2D eigenvalue weighted by Crippen LogP contribution is 2.19. The van der Waals surface area contributed by atoms with E-state index in [0.717, 1.165) is 11.1 Å². The lowest BCUT2D eigenvalue weighted by Gasteiger charge is -2.25. The molecule has 0 radical (unpaired) electrons. The first-order valence-electron chi connectivity index (χ1n) is 10.7. The molecule has 0 saturated heterocycles. The molecule has 1 aromatic heterocycles. The van der Waals surface area contributed by atoms with Gasteiger partial charge in [-0.05, 0) is 44.0 Å². The molecule has 1 amide bonds. The Kier molecular flexibility index (Phi) is 7.66. The van der Waals surface area contributed by atoms with Gasteiger partial charge < -0.3 is 9.47 Å². The van der Waals surface area contributed by atoms with Crippen LogP contribution in [-0.4, -0.2) is 22.2 Å². The van der Waals surface area contributed by atoms with Gasteiger partial charge >= 0.3 is 12.1 Å². The summed E-state index contributed by atoms with van der Waals surface area (Å²) in [4.78, 5) is 38.4. The highest BCUT2D eigenvalue weighted by atomic mass is 16.6. The minimum atomic E-state index is -0.902. The topological polar surface area (TPSA) is 86.6 Å². The van der Waals surface area contributed by atoms with Gasteiger partial charge in [-0.25, -0.2) is 9.59 Å². The number of esters is 1. The van der Waals surface area contributed by atoms with Crippen LogP contribution >= 0.6 is 0 Å². The summed E-state index contributed by atoms with van der Waals surface area (Å²) in [5, 5.41) is 2.48. The van der Waals surface area contributed by atoms with Crippen LogP contribution in [0.2, 0.25) is 0 Å². The zero-order chi connectivity index (χ0) is 23.8. The van der Waals surface area contributed by atoms with Crippen molar-refractivity contribution in [2.24, 2.45) is 0 Å². The Morgan fingerprint density at radius 3 is 2.12 bits per heavy atom. The highest BCUT2D eigenvalue weighted by Gasteiger charge is 2.28. The van der Waals surface area contributed by atoms with Crippen LogP contribution in [0.3, 0.4) is 0 Å². The van der Waals surface area contributed by atoms with E-state index in [0.29, 0.717) is 0 Å². The quantitative estimate of drug-likeness (QED) is 0.529. The monoisotopic (exact) mass is 448 g/mol. The van der Waals surface area contributed by atoms with Gasteiger partial charge in [0.2, 0.25) is 0 Å². The number of benzene rings is 2. The van der Waals surface area contributed by atoms with Crippen LogP contribution in [0.25, 0.3) is 0 Å². The molecule has 0 aliphatic rings. The summed E-state index contributed by atoms with van der Waals surface area (Å²) in [6.07, 6.45) is 1.02. The van der Waals surface area contributed by atoms with Gasteiger partial charge in [-0.15, -0.1) is 0 Å². The number of ether oxygens (including phenoxy) is 2. The molecular weight excluding hydrogens is 420 g/mol. The van der Waals surface area contributed by atoms with Gasteiger partial charge in [0.05, 0.1) is 0 Å². The fourth-order valence-electron chi connectivity index (χ4n) is 3.22. The van der Waals surface area contributed by atoms with Crippen molar-refractivity contribution in [2.75, 3.05) is 5.32 Å². The number of amides is 1. The lowest BCUT2D eigenvalue weighted by Crippen LogP contribution is -2.37. The zero-order valence-electron chi connectivity index (χ0n) is 19.0. The first-order valence-corrected chi connectivity index (χ1v) is 10.7. The van der Waals surface area contributed by atoms with Crippen LogP contribution in [0, 0.1) is 0 Å². The van der Waals surface area contributed by atoms with Gasteiger partial charge in [0.15, 0.2) is 0 Å². The molecule has 7 heteroatoms. The smallest absolute Gasteiger partial charge is 0.412 e. The van der Waals surface area contributed by atoms with E-state index in [1.54, 1.807) is 26.8 Å². The number of carbonyl (C=O) groups is 2. The fraction of sp³-hybridized carbons (Fsp3) is 0.269. The Morgan fingerprint density at radius 1 is 0.909 bits per heavy atom. The largest absolute Gasteiger partial charge is 0.458 e. The predicted octanol–water partition coefficient (Wildman–Crippen LogP) is 4.72. The average molecular weight is 449 g/mol. The van der Waals surface area contributed by atoms with Crippen molar-refractivity contribution in [2.45, 2.75) is 45.4 Å². The molecule has 0 aliphatic carbocycles. The number of hydrogen-bond donors (Lipinski definition) is 1. The molecule has 0 fully saturated rings. The third-order valence-electron chi connectivity index (χ3n) is 4.71. The molecule has 0 bridgehead atoms. The number of aromatic nitrogens is 1. The van der Waals surface area contributed by atoms with Crippen LogP contribution in [0.4, 0.5) is 10.5 Å². The number of carbonyl (C=O) groups excluding carboxylic acids is 2. The second-order valence-electron chi connectivity index (χ2n) is 8.56. The van der Waals surface area contributed by atoms with E-state index in [1.165, 1.54) is 16.8 Å². The molecule has 3 rings (SSSR count). The third kappa shape index (κ3) is 7.07. The maximum Gasteiger partial charge on any atom is 0.412 e. The maximum atomic E-state index is 13.2. The van der Waals surface area contributed by atoms with Crippen molar-refractivity contribution in [3.63, 3.8) is 0 Å². The summed E-state index contributed by atoms with van der Waals surface area (Å²) in [5.74, 6) is -0.530. The molecule has 1 atom stereocenters. The van der Waals surface area contributed by atoms with Crippen LogP contribution < -0.4 is 10.9 Å². The number of anilines is 1. The molecule has 33 heavy (non-hydrogen) atoms. The predicted molar refractivity (Wildman–Crippen MR) is 126 cm³/mol. The maximum absolute atomic E-state index is 13.2. The van der Waals surface area contributed by atoms with E-state index in [4.69, 9.17) is 9.47 Å². The van der Waals surface area contributed by atoms with E-state index >= 15 is 0 Å². The summed E-state index contributed by atoms with van der Waals surface area (Å²) in [7, 11) is 0. The third-order valence-corrected chi connectivity index (χ3v) is 4.71. The molecule has 1 N–H and O–H groups in total. The summed E-state index contributed by atoms with van der Waals surface area (Å²) >= 11 is 0. The zero-order valence-corrected chi connectivity index (χ0v) is 19.0. The van der Waals surface area contributed by atoms with Crippen molar-refractivity contribution < 1.29 is 19.1 Å². The van der Waals surface area contributed by atoms with E-state index in [9.17, 15) is 14.4 Å². The van der Waals surface area contributed by atoms with E-state index in [-0.39, 0.29) is 18.7 Å². The second kappa shape index (κ2) is 10.6. The van der Waals surface area contributed by atoms with Crippen molar-refractivity contribution in [1.82, 2.24) is 4.57 Å². The van der Waals surface area contributed by atoms with Crippen LogP contribution in [-0.2, 0) is 27.3 Å². The van der Waals surface area contributed by atoms with Crippen molar-refractivity contribution >= 4 is 17.7 Å². The molecule has 0 saturated carbocycles. The van der Waals surface area contributed by atoms with Crippen molar-refractivity contribution in [3.8, 4) is 0 Å².